The molecule has 0 aliphatic heterocycles. The second-order valence-corrected chi connectivity index (χ2v) is 5.43. The fraction of sp³-hybridized carbons (Fsp3) is 0.333. The molecule has 2 N–H and O–H groups in total. The van der Waals surface area contributed by atoms with Crippen molar-refractivity contribution in [3.8, 4) is 5.88 Å². The molecule has 4 nitrogen and oxygen atoms in total. The van der Waals surface area contributed by atoms with E-state index in [1.807, 2.05) is 19.1 Å². The van der Waals surface area contributed by atoms with Crippen LogP contribution < -0.4 is 10.5 Å². The number of ether oxygens (including phenoxy) is 1. The van der Waals surface area contributed by atoms with E-state index in [-0.39, 0.29) is 0 Å². The maximum Gasteiger partial charge on any atom is 0.241 e. The number of thioether (sulfide) groups is 1. The highest BCUT2D eigenvalue weighted by Crippen LogP contribution is 2.31. The van der Waals surface area contributed by atoms with Crippen molar-refractivity contribution in [1.82, 2.24) is 9.97 Å². The first-order valence-corrected chi connectivity index (χ1v) is 7.61. The van der Waals surface area contributed by atoms with Gasteiger partial charge in [-0.1, -0.05) is 43.0 Å². The maximum absolute atomic E-state index is 6.06. The average Bonchev–Trinajstić information content (AvgIpc) is 2.46. The summed E-state index contributed by atoms with van der Waals surface area (Å²) in [6.45, 7) is 4.77. The van der Waals surface area contributed by atoms with Gasteiger partial charge in [0.2, 0.25) is 5.88 Å². The Hall–Kier alpha value is -1.75. The number of nitrogen functional groups attached to an aromatic ring is 1. The molecule has 106 valence electrons. The van der Waals surface area contributed by atoms with Gasteiger partial charge >= 0.3 is 0 Å². The molecule has 20 heavy (non-hydrogen) atoms. The number of hydrogen-bond donors (Lipinski definition) is 1. The highest BCUT2D eigenvalue weighted by atomic mass is 32.2. The van der Waals surface area contributed by atoms with Crippen molar-refractivity contribution >= 4 is 17.4 Å². The average molecular weight is 289 g/mol. The first-order valence-electron chi connectivity index (χ1n) is 6.63. The largest absolute Gasteiger partial charge is 0.476 e. The molecular formula is C15H19N3OS. The highest BCUT2D eigenvalue weighted by Gasteiger charge is 2.10. The number of anilines is 1. The molecule has 2 rings (SSSR count). The third-order valence-electron chi connectivity index (χ3n) is 2.88. The third-order valence-corrected chi connectivity index (χ3v) is 3.93. The van der Waals surface area contributed by atoms with Gasteiger partial charge in [-0.05, 0) is 24.5 Å². The van der Waals surface area contributed by atoms with E-state index in [1.54, 1.807) is 11.8 Å². The van der Waals surface area contributed by atoms with Crippen LogP contribution in [0.4, 0.5) is 5.69 Å². The van der Waals surface area contributed by atoms with Crippen molar-refractivity contribution in [2.45, 2.75) is 31.0 Å². The minimum atomic E-state index is 0.481. The zero-order chi connectivity index (χ0) is 14.4. The molecule has 0 aliphatic carbocycles. The SMILES string of the molecule is CCCOc1ncnc(SCc2ccccc2C)c1N. The molecule has 0 amide bonds. The summed E-state index contributed by atoms with van der Waals surface area (Å²) in [5.74, 6) is 1.32. The van der Waals surface area contributed by atoms with Crippen LogP contribution in [0.1, 0.15) is 24.5 Å². The van der Waals surface area contributed by atoms with Crippen LogP contribution >= 0.6 is 11.8 Å². The van der Waals surface area contributed by atoms with Crippen LogP contribution in [0.15, 0.2) is 35.6 Å². The number of benzene rings is 1. The second-order valence-electron chi connectivity index (χ2n) is 4.46. The van der Waals surface area contributed by atoms with Gasteiger partial charge in [0.25, 0.3) is 0 Å². The number of rotatable bonds is 6. The predicted molar refractivity (Wildman–Crippen MR) is 83.0 cm³/mol. The van der Waals surface area contributed by atoms with Crippen molar-refractivity contribution in [3.63, 3.8) is 0 Å². The molecule has 0 atom stereocenters. The summed E-state index contributed by atoms with van der Waals surface area (Å²) in [6, 6.07) is 8.31. The van der Waals surface area contributed by atoms with Gasteiger partial charge in [-0.15, -0.1) is 0 Å². The zero-order valence-corrected chi connectivity index (χ0v) is 12.6. The fourth-order valence-electron chi connectivity index (χ4n) is 1.71. The van der Waals surface area contributed by atoms with Crippen LogP contribution in [0.5, 0.6) is 5.88 Å². The van der Waals surface area contributed by atoms with Gasteiger partial charge in [0.1, 0.15) is 17.0 Å². The number of nitrogens with two attached hydrogens (primary N) is 1. The number of hydrogen-bond acceptors (Lipinski definition) is 5. The standard InChI is InChI=1S/C15H19N3OS/c1-3-8-19-14-13(16)15(18-10-17-14)20-9-12-7-5-4-6-11(12)2/h4-7,10H,3,8-9,16H2,1-2H3. The Bertz CT molecular complexity index is 575. The molecule has 0 saturated carbocycles. The van der Waals surface area contributed by atoms with Crippen LogP contribution in [0.25, 0.3) is 0 Å². The van der Waals surface area contributed by atoms with Crippen LogP contribution in [0, 0.1) is 6.92 Å². The van der Waals surface area contributed by atoms with Gasteiger partial charge in [-0.3, -0.25) is 0 Å². The van der Waals surface area contributed by atoms with E-state index in [0.717, 1.165) is 17.2 Å². The summed E-state index contributed by atoms with van der Waals surface area (Å²) < 4.78 is 5.51. The molecule has 0 saturated heterocycles. The molecule has 1 aromatic heterocycles. The molecule has 1 heterocycles. The molecule has 0 radical (unpaired) electrons. The van der Waals surface area contributed by atoms with E-state index >= 15 is 0 Å². The van der Waals surface area contributed by atoms with E-state index in [2.05, 4.69) is 29.0 Å². The summed E-state index contributed by atoms with van der Waals surface area (Å²) in [4.78, 5) is 8.32. The van der Waals surface area contributed by atoms with E-state index < -0.39 is 0 Å². The van der Waals surface area contributed by atoms with Crippen molar-refractivity contribution in [2.75, 3.05) is 12.3 Å². The summed E-state index contributed by atoms with van der Waals surface area (Å²) in [5, 5.41) is 0.773. The van der Waals surface area contributed by atoms with Crippen molar-refractivity contribution < 1.29 is 4.74 Å². The molecule has 0 spiro atoms. The van der Waals surface area contributed by atoms with Gasteiger partial charge in [-0.25, -0.2) is 4.98 Å². The minimum Gasteiger partial charge on any atom is -0.476 e. The molecule has 0 fully saturated rings. The van der Waals surface area contributed by atoms with Crippen LogP contribution in [-0.4, -0.2) is 16.6 Å². The van der Waals surface area contributed by atoms with E-state index in [4.69, 9.17) is 10.5 Å². The zero-order valence-electron chi connectivity index (χ0n) is 11.8. The highest BCUT2D eigenvalue weighted by molar-refractivity contribution is 7.98. The van der Waals surface area contributed by atoms with Gasteiger partial charge in [-0.2, -0.15) is 4.98 Å². The summed E-state index contributed by atoms with van der Waals surface area (Å²) in [6.07, 6.45) is 2.43. The molecule has 0 bridgehead atoms. The quantitative estimate of drug-likeness (QED) is 0.652. The molecule has 2 aromatic rings. The molecular weight excluding hydrogens is 270 g/mol. The molecule has 0 aliphatic rings. The van der Waals surface area contributed by atoms with Crippen molar-refractivity contribution in [2.24, 2.45) is 0 Å². The third kappa shape index (κ3) is 3.63. The van der Waals surface area contributed by atoms with Crippen LogP contribution in [-0.2, 0) is 5.75 Å². The maximum atomic E-state index is 6.06. The van der Waals surface area contributed by atoms with Crippen LogP contribution in [0.3, 0.4) is 0 Å². The van der Waals surface area contributed by atoms with Gasteiger partial charge in [0.05, 0.1) is 6.61 Å². The van der Waals surface area contributed by atoms with Crippen molar-refractivity contribution in [3.05, 3.63) is 41.7 Å². The number of nitrogens with zero attached hydrogens (tertiary/aromatic N) is 2. The van der Waals surface area contributed by atoms with Crippen LogP contribution in [0.2, 0.25) is 0 Å². The van der Waals surface area contributed by atoms with E-state index in [1.165, 1.54) is 17.5 Å². The summed E-state index contributed by atoms with van der Waals surface area (Å²) >= 11 is 1.61. The minimum absolute atomic E-state index is 0.481. The fourth-order valence-corrected chi connectivity index (χ4v) is 2.69. The Labute approximate surface area is 123 Å². The van der Waals surface area contributed by atoms with E-state index in [0.29, 0.717) is 18.2 Å². The Morgan fingerprint density at radius 2 is 2.05 bits per heavy atom. The Balaban J connectivity index is 2.08. The molecule has 1 aromatic carbocycles. The predicted octanol–water partition coefficient (Wildman–Crippen LogP) is 3.45. The molecule has 0 unspecified atom stereocenters. The van der Waals surface area contributed by atoms with Gasteiger partial charge < -0.3 is 10.5 Å². The Morgan fingerprint density at radius 1 is 1.25 bits per heavy atom. The summed E-state index contributed by atoms with van der Waals surface area (Å²) in [5.41, 5.74) is 9.14. The molecule has 5 heteroatoms. The number of aromatic nitrogens is 2. The number of aryl methyl sites for hydroxylation is 1. The first kappa shape index (κ1) is 14.7. The monoisotopic (exact) mass is 289 g/mol. The lowest BCUT2D eigenvalue weighted by Gasteiger charge is -2.10. The Kier molecular flexibility index (Phi) is 5.24. The lowest BCUT2D eigenvalue weighted by atomic mass is 10.1. The topological polar surface area (TPSA) is 61.0 Å². The smallest absolute Gasteiger partial charge is 0.241 e. The first-order chi connectivity index (χ1) is 9.72. The van der Waals surface area contributed by atoms with Crippen molar-refractivity contribution in [1.29, 1.82) is 0 Å². The second kappa shape index (κ2) is 7.14. The van der Waals surface area contributed by atoms with Gasteiger partial charge in [0.15, 0.2) is 0 Å². The van der Waals surface area contributed by atoms with Gasteiger partial charge in [0, 0.05) is 5.75 Å². The lowest BCUT2D eigenvalue weighted by Crippen LogP contribution is -2.03. The van der Waals surface area contributed by atoms with E-state index in [9.17, 15) is 0 Å². The Morgan fingerprint density at radius 3 is 2.80 bits per heavy atom. The summed E-state index contributed by atoms with van der Waals surface area (Å²) in [7, 11) is 0. The lowest BCUT2D eigenvalue weighted by molar-refractivity contribution is 0.305. The normalized spacial score (nSPS) is 10.5.